The first kappa shape index (κ1) is 15.5. The Morgan fingerprint density at radius 3 is 2.33 bits per heavy atom. The summed E-state index contributed by atoms with van der Waals surface area (Å²) in [6, 6.07) is 9.97. The predicted molar refractivity (Wildman–Crippen MR) is 81.9 cm³/mol. The second-order valence-electron chi connectivity index (χ2n) is 5.44. The van der Waals surface area contributed by atoms with Gasteiger partial charge in [-0.3, -0.25) is 9.59 Å². The molecule has 0 saturated carbocycles. The van der Waals surface area contributed by atoms with Gasteiger partial charge in [-0.15, -0.1) is 0 Å². The standard InChI is InChI=1S/C16H23N3O2/c1-13(20)18-11-12-19-15(21)16(7-9-17-10-8-16)14-5-3-2-4-6-14/h2-6,17H,7-12H2,1H3,(H,18,20)(H,19,21). The van der Waals surface area contributed by atoms with Crippen molar-refractivity contribution in [1.29, 1.82) is 0 Å². The smallest absolute Gasteiger partial charge is 0.230 e. The van der Waals surface area contributed by atoms with Crippen LogP contribution in [0.4, 0.5) is 0 Å². The maximum atomic E-state index is 12.7. The Morgan fingerprint density at radius 2 is 1.71 bits per heavy atom. The van der Waals surface area contributed by atoms with Crippen LogP contribution in [0, 0.1) is 0 Å². The number of hydrogen-bond acceptors (Lipinski definition) is 3. The van der Waals surface area contributed by atoms with Crippen molar-refractivity contribution in [1.82, 2.24) is 16.0 Å². The van der Waals surface area contributed by atoms with Crippen molar-refractivity contribution >= 4 is 11.8 Å². The lowest BCUT2D eigenvalue weighted by atomic mass is 9.72. The summed E-state index contributed by atoms with van der Waals surface area (Å²) >= 11 is 0. The van der Waals surface area contributed by atoms with E-state index in [-0.39, 0.29) is 11.8 Å². The van der Waals surface area contributed by atoms with E-state index in [9.17, 15) is 9.59 Å². The summed E-state index contributed by atoms with van der Waals surface area (Å²) in [5.41, 5.74) is 0.617. The van der Waals surface area contributed by atoms with Crippen LogP contribution in [0.1, 0.15) is 25.3 Å². The molecule has 1 aliphatic heterocycles. The second-order valence-corrected chi connectivity index (χ2v) is 5.44. The lowest BCUT2D eigenvalue weighted by Gasteiger charge is -2.36. The van der Waals surface area contributed by atoms with Crippen LogP contribution in [0.5, 0.6) is 0 Å². The van der Waals surface area contributed by atoms with E-state index >= 15 is 0 Å². The van der Waals surface area contributed by atoms with Gasteiger partial charge in [0, 0.05) is 20.0 Å². The van der Waals surface area contributed by atoms with Gasteiger partial charge in [0.1, 0.15) is 0 Å². The highest BCUT2D eigenvalue weighted by molar-refractivity contribution is 5.88. The van der Waals surface area contributed by atoms with E-state index in [1.165, 1.54) is 6.92 Å². The fourth-order valence-electron chi connectivity index (χ4n) is 2.84. The summed E-state index contributed by atoms with van der Waals surface area (Å²) in [6.07, 6.45) is 1.59. The van der Waals surface area contributed by atoms with Crippen molar-refractivity contribution < 1.29 is 9.59 Å². The summed E-state index contributed by atoms with van der Waals surface area (Å²) in [5, 5.41) is 8.97. The molecule has 3 N–H and O–H groups in total. The van der Waals surface area contributed by atoms with Gasteiger partial charge in [0.2, 0.25) is 11.8 Å². The minimum Gasteiger partial charge on any atom is -0.355 e. The molecule has 0 aromatic heterocycles. The maximum absolute atomic E-state index is 12.7. The number of rotatable bonds is 5. The second kappa shape index (κ2) is 7.22. The van der Waals surface area contributed by atoms with E-state index in [2.05, 4.69) is 16.0 Å². The van der Waals surface area contributed by atoms with Crippen molar-refractivity contribution in [2.75, 3.05) is 26.2 Å². The van der Waals surface area contributed by atoms with E-state index in [0.29, 0.717) is 13.1 Å². The van der Waals surface area contributed by atoms with E-state index < -0.39 is 5.41 Å². The zero-order valence-corrected chi connectivity index (χ0v) is 12.4. The molecule has 1 aromatic rings. The number of benzene rings is 1. The van der Waals surface area contributed by atoms with Gasteiger partial charge in [-0.05, 0) is 31.5 Å². The molecule has 0 radical (unpaired) electrons. The molecule has 0 spiro atoms. The summed E-state index contributed by atoms with van der Waals surface area (Å²) in [5.74, 6) is -0.0237. The first-order valence-electron chi connectivity index (χ1n) is 7.44. The lowest BCUT2D eigenvalue weighted by Crippen LogP contribution is -2.51. The van der Waals surface area contributed by atoms with Gasteiger partial charge in [0.05, 0.1) is 5.41 Å². The molecule has 1 heterocycles. The fraction of sp³-hybridized carbons (Fsp3) is 0.500. The van der Waals surface area contributed by atoms with Crippen molar-refractivity contribution in [2.24, 2.45) is 0 Å². The summed E-state index contributed by atoms with van der Waals surface area (Å²) in [6.45, 7) is 4.08. The monoisotopic (exact) mass is 289 g/mol. The van der Waals surface area contributed by atoms with E-state index in [1.807, 2.05) is 30.3 Å². The fourth-order valence-corrected chi connectivity index (χ4v) is 2.84. The van der Waals surface area contributed by atoms with Crippen LogP contribution in [0.15, 0.2) is 30.3 Å². The van der Waals surface area contributed by atoms with Gasteiger partial charge in [-0.25, -0.2) is 0 Å². The van der Waals surface area contributed by atoms with Gasteiger partial charge in [0.15, 0.2) is 0 Å². The maximum Gasteiger partial charge on any atom is 0.230 e. The van der Waals surface area contributed by atoms with Gasteiger partial charge < -0.3 is 16.0 Å². The highest BCUT2D eigenvalue weighted by Gasteiger charge is 2.40. The number of carbonyl (C=O) groups excluding carboxylic acids is 2. The topological polar surface area (TPSA) is 70.2 Å². The zero-order chi connectivity index (χ0) is 15.1. The molecule has 5 heteroatoms. The number of carbonyl (C=O) groups is 2. The minimum atomic E-state index is -0.456. The molecule has 0 aliphatic carbocycles. The Hall–Kier alpha value is -1.88. The highest BCUT2D eigenvalue weighted by Crippen LogP contribution is 2.33. The van der Waals surface area contributed by atoms with Crippen LogP contribution in [0.2, 0.25) is 0 Å². The molecule has 0 unspecified atom stereocenters. The Labute approximate surface area is 125 Å². The van der Waals surface area contributed by atoms with Crippen molar-refractivity contribution in [3.8, 4) is 0 Å². The van der Waals surface area contributed by atoms with Gasteiger partial charge in [-0.2, -0.15) is 0 Å². The van der Waals surface area contributed by atoms with Crippen LogP contribution >= 0.6 is 0 Å². The molecule has 1 saturated heterocycles. The summed E-state index contributed by atoms with van der Waals surface area (Å²) < 4.78 is 0. The van der Waals surface area contributed by atoms with Crippen LogP contribution in [-0.4, -0.2) is 38.0 Å². The molecule has 5 nitrogen and oxygen atoms in total. The van der Waals surface area contributed by atoms with Crippen molar-refractivity contribution in [3.63, 3.8) is 0 Å². The van der Waals surface area contributed by atoms with E-state index in [1.54, 1.807) is 0 Å². The first-order chi connectivity index (χ1) is 10.1. The van der Waals surface area contributed by atoms with Crippen LogP contribution in [0.3, 0.4) is 0 Å². The van der Waals surface area contributed by atoms with Crippen LogP contribution in [-0.2, 0) is 15.0 Å². The number of nitrogens with one attached hydrogen (secondary N) is 3. The molecule has 2 amide bonds. The largest absolute Gasteiger partial charge is 0.355 e. The minimum absolute atomic E-state index is 0.0561. The third-order valence-corrected chi connectivity index (χ3v) is 4.00. The Kier molecular flexibility index (Phi) is 5.33. The Balaban J connectivity index is 2.05. The van der Waals surface area contributed by atoms with E-state index in [0.717, 1.165) is 31.5 Å². The summed E-state index contributed by atoms with van der Waals surface area (Å²) in [4.78, 5) is 23.6. The van der Waals surface area contributed by atoms with Crippen molar-refractivity contribution in [3.05, 3.63) is 35.9 Å². The zero-order valence-electron chi connectivity index (χ0n) is 12.4. The lowest BCUT2D eigenvalue weighted by molar-refractivity contribution is -0.128. The third kappa shape index (κ3) is 3.82. The summed E-state index contributed by atoms with van der Waals surface area (Å²) in [7, 11) is 0. The predicted octanol–water partition coefficient (Wildman–Crippen LogP) is 0.560. The third-order valence-electron chi connectivity index (χ3n) is 4.00. The molecule has 1 fully saturated rings. The quantitative estimate of drug-likeness (QED) is 0.694. The number of hydrogen-bond donors (Lipinski definition) is 3. The molecule has 2 rings (SSSR count). The van der Waals surface area contributed by atoms with Crippen LogP contribution in [0.25, 0.3) is 0 Å². The average Bonchev–Trinajstić information content (AvgIpc) is 2.52. The molecular weight excluding hydrogens is 266 g/mol. The Bertz CT molecular complexity index is 482. The van der Waals surface area contributed by atoms with E-state index in [4.69, 9.17) is 0 Å². The molecule has 1 aromatic carbocycles. The van der Waals surface area contributed by atoms with Gasteiger partial charge >= 0.3 is 0 Å². The molecule has 0 atom stereocenters. The number of piperidine rings is 1. The van der Waals surface area contributed by atoms with Gasteiger partial charge in [-0.1, -0.05) is 30.3 Å². The average molecular weight is 289 g/mol. The molecule has 1 aliphatic rings. The number of amides is 2. The molecule has 114 valence electrons. The highest BCUT2D eigenvalue weighted by atomic mass is 16.2. The SMILES string of the molecule is CC(=O)NCCNC(=O)C1(c2ccccc2)CCNCC1. The normalized spacial score (nSPS) is 17.0. The molecule has 0 bridgehead atoms. The first-order valence-corrected chi connectivity index (χ1v) is 7.44. The molecular formula is C16H23N3O2. The van der Waals surface area contributed by atoms with Gasteiger partial charge in [0.25, 0.3) is 0 Å². The Morgan fingerprint density at radius 1 is 1.10 bits per heavy atom. The van der Waals surface area contributed by atoms with Crippen LogP contribution < -0.4 is 16.0 Å². The molecule has 21 heavy (non-hydrogen) atoms. The van der Waals surface area contributed by atoms with Crippen molar-refractivity contribution in [2.45, 2.75) is 25.2 Å².